The Labute approximate surface area is 257 Å². The van der Waals surface area contributed by atoms with Crippen LogP contribution in [0.1, 0.15) is 30.2 Å². The zero-order valence-electron chi connectivity index (χ0n) is 24.4. The Bertz CT molecular complexity index is 2660. The zero-order chi connectivity index (χ0) is 32.7. The number of hydrogen-bond acceptors (Lipinski definition) is 11. The van der Waals surface area contributed by atoms with Gasteiger partial charge in [-0.15, -0.1) is 0 Å². The summed E-state index contributed by atoms with van der Waals surface area (Å²) >= 11 is 0. The van der Waals surface area contributed by atoms with E-state index in [2.05, 4.69) is 10.4 Å². The summed E-state index contributed by atoms with van der Waals surface area (Å²) in [5.74, 6) is -2.57. The van der Waals surface area contributed by atoms with E-state index in [0.717, 1.165) is 13.2 Å². The number of benzene rings is 1. The van der Waals surface area contributed by atoms with Crippen molar-refractivity contribution in [2.24, 2.45) is 0 Å². The minimum Gasteiger partial charge on any atom is -0.510 e. The summed E-state index contributed by atoms with van der Waals surface area (Å²) < 4.78 is 4.94. The molecule has 0 fully saturated rings. The maximum atomic E-state index is 13.8. The van der Waals surface area contributed by atoms with Crippen molar-refractivity contribution in [1.29, 1.82) is 0 Å². The van der Waals surface area contributed by atoms with E-state index in [-0.39, 0.29) is 23.8 Å². The van der Waals surface area contributed by atoms with Gasteiger partial charge in [-0.3, -0.25) is 29.0 Å². The van der Waals surface area contributed by atoms with Crippen LogP contribution in [0.2, 0.25) is 0 Å². The molecule has 0 saturated heterocycles. The number of aromatic hydroxyl groups is 1. The third-order valence-corrected chi connectivity index (χ3v) is 8.89. The van der Waals surface area contributed by atoms with Crippen LogP contribution in [0.25, 0.3) is 28.4 Å². The summed E-state index contributed by atoms with van der Waals surface area (Å²) in [7, 11) is 1.13. The van der Waals surface area contributed by atoms with Gasteiger partial charge in [0.2, 0.25) is 16.3 Å². The van der Waals surface area contributed by atoms with Crippen LogP contribution >= 0.6 is 0 Å². The van der Waals surface area contributed by atoms with Crippen molar-refractivity contribution >= 4 is 34.1 Å². The third kappa shape index (κ3) is 3.51. The van der Waals surface area contributed by atoms with Crippen molar-refractivity contribution in [2.75, 3.05) is 12.1 Å². The van der Waals surface area contributed by atoms with E-state index in [0.29, 0.717) is 22.3 Å². The van der Waals surface area contributed by atoms with Gasteiger partial charge in [0, 0.05) is 35.1 Å². The van der Waals surface area contributed by atoms with Crippen molar-refractivity contribution in [2.45, 2.75) is 25.2 Å². The lowest BCUT2D eigenvalue weighted by Gasteiger charge is -2.30. The van der Waals surface area contributed by atoms with Crippen molar-refractivity contribution in [3.63, 3.8) is 0 Å². The van der Waals surface area contributed by atoms with E-state index >= 15 is 0 Å². The number of anilines is 1. The molecule has 1 aromatic heterocycles. The number of H-pyrrole nitrogens is 1. The van der Waals surface area contributed by atoms with Gasteiger partial charge >= 0.3 is 0 Å². The molecule has 2 aromatic rings. The minimum atomic E-state index is -2.04. The Morgan fingerprint density at radius 1 is 0.913 bits per heavy atom. The Morgan fingerprint density at radius 2 is 1.63 bits per heavy atom. The lowest BCUT2D eigenvalue weighted by molar-refractivity contribution is 0.362. The van der Waals surface area contributed by atoms with Crippen molar-refractivity contribution < 1.29 is 20.1 Å². The second-order valence-electron chi connectivity index (χ2n) is 11.1. The van der Waals surface area contributed by atoms with Gasteiger partial charge in [-0.1, -0.05) is 18.2 Å². The van der Waals surface area contributed by atoms with Gasteiger partial charge in [-0.2, -0.15) is 0 Å². The number of aromatic nitrogens is 1. The highest BCUT2D eigenvalue weighted by atomic mass is 16.5. The lowest BCUT2D eigenvalue weighted by Crippen LogP contribution is -2.51. The predicted octanol–water partition coefficient (Wildman–Crippen LogP) is 0.455. The van der Waals surface area contributed by atoms with Crippen LogP contribution in [0.15, 0.2) is 78.9 Å². The number of aliphatic hydroxyl groups is 2. The maximum absolute atomic E-state index is 13.8. The number of hydrazine groups is 1. The van der Waals surface area contributed by atoms with Gasteiger partial charge in [0.05, 0.1) is 39.1 Å². The van der Waals surface area contributed by atoms with Crippen LogP contribution in [0, 0.1) is 10.4 Å². The van der Waals surface area contributed by atoms with Gasteiger partial charge in [-0.05, 0) is 49.6 Å². The van der Waals surface area contributed by atoms with Crippen LogP contribution in [0.5, 0.6) is 11.5 Å². The predicted molar refractivity (Wildman–Crippen MR) is 171 cm³/mol. The van der Waals surface area contributed by atoms with E-state index < -0.39 is 76.6 Å². The van der Waals surface area contributed by atoms with Crippen molar-refractivity contribution in [3.05, 3.63) is 144 Å². The first kappa shape index (κ1) is 28.6. The fourth-order valence-electron chi connectivity index (χ4n) is 6.97. The Morgan fingerprint density at radius 3 is 2.28 bits per heavy atom. The summed E-state index contributed by atoms with van der Waals surface area (Å²) in [6.07, 6.45) is 13.8. The smallest absolute Gasteiger partial charge is 0.260 e. The summed E-state index contributed by atoms with van der Waals surface area (Å²) in [4.78, 5) is 70.0. The number of nitrogens with zero attached hydrogens (tertiary/aromatic N) is 1. The molecule has 0 bridgehead atoms. The molecule has 230 valence electrons. The molecular weight excluding hydrogens is 594 g/mol. The fourth-order valence-corrected chi connectivity index (χ4v) is 6.97. The number of rotatable bonds is 4. The normalized spacial score (nSPS) is 18.5. The number of nitrogens with one attached hydrogen (secondary N) is 2. The van der Waals surface area contributed by atoms with Crippen LogP contribution in [-0.4, -0.2) is 27.4 Å². The highest BCUT2D eigenvalue weighted by Gasteiger charge is 2.54. The van der Waals surface area contributed by atoms with Gasteiger partial charge in [0.1, 0.15) is 22.7 Å². The monoisotopic (exact) mass is 619 g/mol. The number of phenols is 1. The number of aromatic amines is 1. The molecule has 0 radical (unpaired) electrons. The quantitative estimate of drug-likeness (QED) is 0.200. The van der Waals surface area contributed by atoms with Crippen LogP contribution in [0.3, 0.4) is 0 Å². The van der Waals surface area contributed by atoms with E-state index in [9.17, 15) is 39.3 Å². The molecule has 5 N–H and O–H groups in total. The minimum absolute atomic E-state index is 0.0845. The molecule has 1 aromatic carbocycles. The Hall–Kier alpha value is -6.17. The molecule has 12 heteroatoms. The number of methoxy groups -OCH3 is 1. The molecular formula is C34H25N3O9. The van der Waals surface area contributed by atoms with Crippen LogP contribution < -0.4 is 52.9 Å². The highest BCUT2D eigenvalue weighted by Crippen LogP contribution is 2.57. The first-order chi connectivity index (χ1) is 22.1. The molecule has 0 unspecified atom stereocenters. The first-order valence-electron chi connectivity index (χ1n) is 14.3. The van der Waals surface area contributed by atoms with Crippen molar-refractivity contribution in [3.8, 4) is 11.5 Å². The van der Waals surface area contributed by atoms with Gasteiger partial charge in [0.15, 0.2) is 11.2 Å². The maximum Gasteiger partial charge on any atom is 0.260 e. The summed E-state index contributed by atoms with van der Waals surface area (Å²) in [5, 5.41) is 34.5. The topological polar surface area (TPSA) is 186 Å². The van der Waals surface area contributed by atoms with Gasteiger partial charge in [-0.25, -0.2) is 0 Å². The molecule has 7 rings (SSSR count). The number of fused-ring (bicyclic) bond motifs is 4. The molecule has 46 heavy (non-hydrogen) atoms. The molecule has 0 saturated carbocycles. The number of phenolic OH excluding ortho intramolecular Hbond substituents is 1. The van der Waals surface area contributed by atoms with Gasteiger partial charge in [0.25, 0.3) is 5.56 Å². The lowest BCUT2D eigenvalue weighted by atomic mass is 9.78. The average molecular weight is 620 g/mol. The molecule has 1 atom stereocenters. The second-order valence-corrected chi connectivity index (χ2v) is 11.1. The average Bonchev–Trinajstić information content (AvgIpc) is 3.54. The Balaban J connectivity index is 1.65. The van der Waals surface area contributed by atoms with Crippen LogP contribution in [-0.2, 0) is 11.8 Å². The molecule has 1 spiro atoms. The molecule has 12 nitrogen and oxygen atoms in total. The number of pyridine rings is 1. The number of allylic oxidation sites excluding steroid dienone is 5. The van der Waals surface area contributed by atoms with E-state index in [1.807, 2.05) is 13.0 Å². The first-order valence-corrected chi connectivity index (χ1v) is 14.3. The number of ether oxygens (including phenoxy) is 1. The van der Waals surface area contributed by atoms with E-state index in [1.54, 1.807) is 53.9 Å². The molecule has 1 aliphatic heterocycles. The summed E-state index contributed by atoms with van der Waals surface area (Å²) in [5.41, 5.74) is -2.68. The largest absolute Gasteiger partial charge is 0.510 e. The van der Waals surface area contributed by atoms with Crippen molar-refractivity contribution in [1.82, 2.24) is 10.4 Å². The third-order valence-electron chi connectivity index (χ3n) is 8.89. The number of hydrogen-bond donors (Lipinski definition) is 5. The highest BCUT2D eigenvalue weighted by molar-refractivity contribution is 6.04. The van der Waals surface area contributed by atoms with E-state index in [1.165, 1.54) is 0 Å². The van der Waals surface area contributed by atoms with E-state index in [4.69, 9.17) is 4.74 Å². The fraction of sp³-hybridized carbons (Fsp3) is 0.147. The number of aliphatic hydroxyl groups excluding tert-OH is 2. The standard InChI is InChI=1S/C34H25N3O9/c1-3-4-5-8-15-13-17-20(33(45)36-15)30(42)25-16(26(17)37-12-7-6-11-35-37)9-10-34(25)31(43)23-24(32(34)44)29(41)22-21(28(23)40)18(38)14-19(46-2)27(22)39/h3-8,11-14,35,42-44H,9-10H2,1-2H3,(H,36,45)/b4-3+,8-5+/t34-/m0/s1. The molecule has 4 aliphatic carbocycles. The van der Waals surface area contributed by atoms with Gasteiger partial charge < -0.3 is 30.5 Å². The zero-order valence-corrected chi connectivity index (χ0v) is 24.4. The SMILES string of the molecule is C/C=C/C=C/c1cc2c(N3C=CC=CN3)c3c(c(O)c2c(=O)[nH]1)[C@@]1(CC3)C(O)=c2c(=O)c3c(=O)cc(OC)c(=O)c=3c(=O)c2=C1O. The summed E-state index contributed by atoms with van der Waals surface area (Å²) in [6, 6.07) is 2.47. The van der Waals surface area contributed by atoms with Crippen LogP contribution in [0.4, 0.5) is 5.69 Å². The molecule has 2 heterocycles. The Kier molecular flexibility index (Phi) is 6.17. The summed E-state index contributed by atoms with van der Waals surface area (Å²) in [6.45, 7) is 1.84. The second kappa shape index (κ2) is 9.92. The molecule has 5 aliphatic rings. The molecule has 0 amide bonds.